The molecular weight excluding hydrogens is 438 g/mol. The van der Waals surface area contributed by atoms with Crippen molar-refractivity contribution in [3.63, 3.8) is 0 Å². The number of benzene rings is 3. The monoisotopic (exact) mass is 465 g/mol. The number of unbranched alkanes of at least 4 members (excludes halogenated alkanes) is 1. The Bertz CT molecular complexity index is 1240. The van der Waals surface area contributed by atoms with Crippen LogP contribution in [0.5, 0.6) is 0 Å². The third-order valence-corrected chi connectivity index (χ3v) is 4.92. The fourth-order valence-corrected chi connectivity index (χ4v) is 3.30. The van der Waals surface area contributed by atoms with Crippen molar-refractivity contribution in [1.29, 1.82) is 0 Å². The Balaban J connectivity index is 1.67. The van der Waals surface area contributed by atoms with Gasteiger partial charge in [0.25, 0.3) is 0 Å². The molecule has 0 atom stereocenters. The Kier molecular flexibility index (Phi) is 9.54. The Hall–Kier alpha value is -4.48. The molecule has 0 heterocycles. The molecule has 0 N–H and O–H groups in total. The molecule has 176 valence electrons. The van der Waals surface area contributed by atoms with Gasteiger partial charge in [0.05, 0.1) is 13.2 Å². The largest absolute Gasteiger partial charge is 0.466 e. The van der Waals surface area contributed by atoms with Gasteiger partial charge in [0.15, 0.2) is 0 Å². The second-order valence-electron chi connectivity index (χ2n) is 7.57. The van der Waals surface area contributed by atoms with Crippen molar-refractivity contribution >= 4 is 29.0 Å². The van der Waals surface area contributed by atoms with Gasteiger partial charge in [0.1, 0.15) is 0 Å². The first-order valence-corrected chi connectivity index (χ1v) is 11.4. The van der Waals surface area contributed by atoms with E-state index in [0.29, 0.717) is 25.0 Å². The number of carbonyl (C=O) groups is 2. The normalized spacial score (nSPS) is 9.66. The molecular formula is C30H27NO4. The van der Waals surface area contributed by atoms with Gasteiger partial charge in [-0.1, -0.05) is 30.0 Å². The van der Waals surface area contributed by atoms with Crippen molar-refractivity contribution in [2.75, 3.05) is 18.1 Å². The molecule has 3 aromatic rings. The summed E-state index contributed by atoms with van der Waals surface area (Å²) in [5, 5.41) is 0. The maximum absolute atomic E-state index is 11.9. The van der Waals surface area contributed by atoms with Crippen LogP contribution in [-0.4, -0.2) is 25.2 Å². The SMILES string of the molecule is CC#Cc1ccc(N(c2ccccc2)c2ccc(C#CC(=O)OCCCCOC(C)=O)cc2)cc1. The highest BCUT2D eigenvalue weighted by Gasteiger charge is 2.12. The highest BCUT2D eigenvalue weighted by Crippen LogP contribution is 2.34. The van der Waals surface area contributed by atoms with Crippen LogP contribution >= 0.6 is 0 Å². The predicted octanol–water partition coefficient (Wildman–Crippen LogP) is 5.77. The third kappa shape index (κ3) is 8.11. The van der Waals surface area contributed by atoms with Gasteiger partial charge >= 0.3 is 11.9 Å². The maximum atomic E-state index is 11.9. The Morgan fingerprint density at radius 1 is 0.714 bits per heavy atom. The van der Waals surface area contributed by atoms with Crippen LogP contribution in [0.4, 0.5) is 17.1 Å². The zero-order valence-electron chi connectivity index (χ0n) is 19.9. The summed E-state index contributed by atoms with van der Waals surface area (Å²) in [6.07, 6.45) is 1.24. The molecule has 0 radical (unpaired) electrons. The van der Waals surface area contributed by atoms with E-state index in [0.717, 1.165) is 22.6 Å². The third-order valence-electron chi connectivity index (χ3n) is 4.92. The standard InChI is InChI=1S/C30H27NO4/c1-3-9-25-12-17-28(18-13-25)31(27-10-5-4-6-11-27)29-19-14-26(15-20-29)16-21-30(33)35-23-8-7-22-34-24(2)32/h4-6,10-15,17-20H,7-8,22-23H2,1-2H3. The minimum atomic E-state index is -0.581. The fourth-order valence-electron chi connectivity index (χ4n) is 3.30. The molecule has 0 aromatic heterocycles. The van der Waals surface area contributed by atoms with Gasteiger partial charge in [-0.25, -0.2) is 4.79 Å². The van der Waals surface area contributed by atoms with E-state index in [1.54, 1.807) is 0 Å². The molecule has 0 aliphatic heterocycles. The number of nitrogens with zero attached hydrogens (tertiary/aromatic N) is 1. The molecule has 0 aliphatic rings. The van der Waals surface area contributed by atoms with E-state index in [2.05, 4.69) is 40.7 Å². The molecule has 5 nitrogen and oxygen atoms in total. The predicted molar refractivity (Wildman–Crippen MR) is 137 cm³/mol. The van der Waals surface area contributed by atoms with Crippen LogP contribution in [0.3, 0.4) is 0 Å². The first-order chi connectivity index (χ1) is 17.1. The summed E-state index contributed by atoms with van der Waals surface area (Å²) in [4.78, 5) is 24.7. The number of hydrogen-bond acceptors (Lipinski definition) is 5. The van der Waals surface area contributed by atoms with Crippen molar-refractivity contribution in [2.24, 2.45) is 0 Å². The smallest absolute Gasteiger partial charge is 0.384 e. The first-order valence-electron chi connectivity index (χ1n) is 11.4. The van der Waals surface area contributed by atoms with E-state index in [1.165, 1.54) is 6.92 Å². The van der Waals surface area contributed by atoms with Crippen molar-refractivity contribution in [3.8, 4) is 23.7 Å². The quantitative estimate of drug-likeness (QED) is 0.240. The van der Waals surface area contributed by atoms with E-state index in [1.807, 2.05) is 73.7 Å². The molecule has 0 unspecified atom stereocenters. The van der Waals surface area contributed by atoms with Crippen LogP contribution in [0.2, 0.25) is 0 Å². The average Bonchev–Trinajstić information content (AvgIpc) is 2.87. The van der Waals surface area contributed by atoms with Crippen molar-refractivity contribution < 1.29 is 19.1 Å². The number of hydrogen-bond donors (Lipinski definition) is 0. The van der Waals surface area contributed by atoms with Gasteiger partial charge in [-0.05, 0) is 80.4 Å². The lowest BCUT2D eigenvalue weighted by Gasteiger charge is -2.25. The second-order valence-corrected chi connectivity index (χ2v) is 7.57. The van der Waals surface area contributed by atoms with Gasteiger partial charge < -0.3 is 14.4 Å². The average molecular weight is 466 g/mol. The van der Waals surface area contributed by atoms with E-state index in [4.69, 9.17) is 9.47 Å². The van der Waals surface area contributed by atoms with Gasteiger partial charge in [0.2, 0.25) is 0 Å². The summed E-state index contributed by atoms with van der Waals surface area (Å²) in [7, 11) is 0. The van der Waals surface area contributed by atoms with Crippen molar-refractivity contribution in [2.45, 2.75) is 26.7 Å². The summed E-state index contributed by atoms with van der Waals surface area (Å²) in [6.45, 7) is 3.74. The molecule has 3 aromatic carbocycles. The highest BCUT2D eigenvalue weighted by molar-refractivity contribution is 5.89. The van der Waals surface area contributed by atoms with E-state index in [9.17, 15) is 9.59 Å². The van der Waals surface area contributed by atoms with Crippen LogP contribution in [0, 0.1) is 23.7 Å². The van der Waals surface area contributed by atoms with Crippen LogP contribution in [0.15, 0.2) is 78.9 Å². The number of rotatable bonds is 8. The zero-order chi connectivity index (χ0) is 24.9. The Labute approximate surface area is 206 Å². The highest BCUT2D eigenvalue weighted by atomic mass is 16.5. The van der Waals surface area contributed by atoms with Crippen LogP contribution in [0.25, 0.3) is 0 Å². The van der Waals surface area contributed by atoms with Crippen LogP contribution < -0.4 is 4.90 Å². The van der Waals surface area contributed by atoms with Gasteiger partial charge in [-0.15, -0.1) is 5.92 Å². The second kappa shape index (κ2) is 13.3. The summed E-state index contributed by atoms with van der Waals surface area (Å²) >= 11 is 0. The lowest BCUT2D eigenvalue weighted by atomic mass is 10.1. The molecule has 35 heavy (non-hydrogen) atoms. The minimum Gasteiger partial charge on any atom is -0.466 e. The number of para-hydroxylation sites is 1. The van der Waals surface area contributed by atoms with Crippen molar-refractivity contribution in [1.82, 2.24) is 0 Å². The van der Waals surface area contributed by atoms with Crippen LogP contribution in [0.1, 0.15) is 37.8 Å². The number of carbonyl (C=O) groups excluding carboxylic acids is 2. The zero-order valence-corrected chi connectivity index (χ0v) is 19.9. The van der Waals surface area contributed by atoms with E-state index in [-0.39, 0.29) is 12.6 Å². The first kappa shape index (κ1) is 25.1. The topological polar surface area (TPSA) is 55.8 Å². The summed E-state index contributed by atoms with van der Waals surface area (Å²) in [5.41, 5.74) is 4.67. The molecule has 3 rings (SSSR count). The maximum Gasteiger partial charge on any atom is 0.384 e. The molecule has 0 bridgehead atoms. The summed E-state index contributed by atoms with van der Waals surface area (Å²) < 4.78 is 9.94. The molecule has 0 fully saturated rings. The molecule has 0 aliphatic carbocycles. The number of esters is 2. The van der Waals surface area contributed by atoms with E-state index < -0.39 is 5.97 Å². The van der Waals surface area contributed by atoms with Gasteiger partial charge in [-0.2, -0.15) is 0 Å². The van der Waals surface area contributed by atoms with Crippen LogP contribution in [-0.2, 0) is 19.1 Å². The lowest BCUT2D eigenvalue weighted by molar-refractivity contribution is -0.142. The van der Waals surface area contributed by atoms with Crippen molar-refractivity contribution in [3.05, 3.63) is 90.0 Å². The molecule has 5 heteroatoms. The summed E-state index contributed by atoms with van der Waals surface area (Å²) in [5.74, 6) is 10.5. The number of anilines is 3. The number of ether oxygens (including phenoxy) is 2. The summed E-state index contributed by atoms with van der Waals surface area (Å²) in [6, 6.07) is 25.9. The molecule has 0 spiro atoms. The minimum absolute atomic E-state index is 0.238. The lowest BCUT2D eigenvalue weighted by Crippen LogP contribution is -2.09. The van der Waals surface area contributed by atoms with E-state index >= 15 is 0 Å². The Morgan fingerprint density at radius 3 is 1.77 bits per heavy atom. The van der Waals surface area contributed by atoms with Gasteiger partial charge in [0, 0.05) is 41.0 Å². The molecule has 0 amide bonds. The molecule has 0 saturated heterocycles. The van der Waals surface area contributed by atoms with Gasteiger partial charge in [-0.3, -0.25) is 4.79 Å². The fraction of sp³-hybridized carbons (Fsp3) is 0.200. The molecule has 0 saturated carbocycles. The Morgan fingerprint density at radius 2 is 1.23 bits per heavy atom.